The molecular formula is C59H46N2. The number of allylic oxidation sites excluding steroid dienone is 4. The first-order valence-electron chi connectivity index (χ1n) is 21.2. The van der Waals surface area contributed by atoms with Gasteiger partial charge in [-0.1, -0.05) is 183 Å². The van der Waals surface area contributed by atoms with Crippen molar-refractivity contribution in [2.45, 2.75) is 13.3 Å². The van der Waals surface area contributed by atoms with Gasteiger partial charge >= 0.3 is 0 Å². The van der Waals surface area contributed by atoms with Crippen molar-refractivity contribution in [3.63, 3.8) is 0 Å². The van der Waals surface area contributed by atoms with Crippen molar-refractivity contribution in [2.75, 3.05) is 9.80 Å². The molecule has 10 rings (SSSR count). The normalized spacial score (nSPS) is 13.6. The monoisotopic (exact) mass is 782 g/mol. The van der Waals surface area contributed by atoms with E-state index in [1.54, 1.807) is 0 Å². The van der Waals surface area contributed by atoms with Gasteiger partial charge in [-0.25, -0.2) is 0 Å². The highest BCUT2D eigenvalue weighted by Crippen LogP contribution is 2.42. The molecule has 9 aromatic carbocycles. The molecule has 0 bridgehead atoms. The molecular weight excluding hydrogens is 737 g/mol. The van der Waals surface area contributed by atoms with Crippen LogP contribution in [0.4, 0.5) is 28.4 Å². The first kappa shape index (κ1) is 37.6. The van der Waals surface area contributed by atoms with Gasteiger partial charge in [0.15, 0.2) is 0 Å². The molecule has 292 valence electrons. The topological polar surface area (TPSA) is 6.48 Å². The Hall–Kier alpha value is -7.68. The van der Waals surface area contributed by atoms with Crippen LogP contribution >= 0.6 is 0 Å². The molecule has 2 nitrogen and oxygen atoms in total. The zero-order valence-electron chi connectivity index (χ0n) is 34.3. The molecule has 0 aromatic heterocycles. The number of nitrogens with zero attached hydrogens (tertiary/aromatic N) is 2. The Morgan fingerprint density at radius 1 is 0.344 bits per heavy atom. The Bertz CT molecular complexity index is 2880. The maximum Gasteiger partial charge on any atom is 0.0536 e. The fraction of sp³-hybridized carbons (Fsp3) is 0.0508. The van der Waals surface area contributed by atoms with Crippen LogP contribution in [0.2, 0.25) is 0 Å². The van der Waals surface area contributed by atoms with E-state index in [9.17, 15) is 0 Å². The van der Waals surface area contributed by atoms with E-state index in [1.807, 2.05) is 0 Å². The molecule has 0 radical (unpaired) electrons. The third kappa shape index (κ3) is 7.80. The summed E-state index contributed by atoms with van der Waals surface area (Å²) in [6.07, 6.45) is 5.60. The SMILES string of the molecule is CC1CC(N(c2ccccc2)c2cccc3ccccc23)=CC=C1c1cccc(-c2ccc(N(c3ccc(-c4ccccc4)cc3)c3ccc(-c4ccccc4)cc3)cc2)c1. The van der Waals surface area contributed by atoms with Crippen LogP contribution in [0.3, 0.4) is 0 Å². The van der Waals surface area contributed by atoms with E-state index in [-0.39, 0.29) is 0 Å². The van der Waals surface area contributed by atoms with Gasteiger partial charge in [-0.05, 0) is 129 Å². The lowest BCUT2D eigenvalue weighted by Crippen LogP contribution is -2.20. The Kier molecular flexibility index (Phi) is 10.4. The summed E-state index contributed by atoms with van der Waals surface area (Å²) >= 11 is 0. The Balaban J connectivity index is 0.961. The first-order valence-corrected chi connectivity index (χ1v) is 21.2. The van der Waals surface area contributed by atoms with E-state index in [1.165, 1.54) is 72.4 Å². The maximum absolute atomic E-state index is 2.45. The van der Waals surface area contributed by atoms with Crippen molar-refractivity contribution < 1.29 is 0 Å². The van der Waals surface area contributed by atoms with Gasteiger partial charge in [0.05, 0.1) is 5.69 Å². The lowest BCUT2D eigenvalue weighted by molar-refractivity contribution is 0.716. The van der Waals surface area contributed by atoms with Crippen molar-refractivity contribution in [3.05, 3.63) is 254 Å². The molecule has 0 saturated heterocycles. The maximum atomic E-state index is 2.45. The van der Waals surface area contributed by atoms with E-state index in [2.05, 4.69) is 259 Å². The molecule has 0 heterocycles. The van der Waals surface area contributed by atoms with Crippen LogP contribution in [0.5, 0.6) is 0 Å². The number of benzene rings is 9. The molecule has 1 atom stereocenters. The van der Waals surface area contributed by atoms with Crippen molar-refractivity contribution >= 4 is 44.8 Å². The number of hydrogen-bond acceptors (Lipinski definition) is 2. The third-order valence-corrected chi connectivity index (χ3v) is 11.9. The lowest BCUT2D eigenvalue weighted by Gasteiger charge is -2.33. The number of hydrogen-bond donors (Lipinski definition) is 0. The Morgan fingerprint density at radius 3 is 1.34 bits per heavy atom. The highest BCUT2D eigenvalue weighted by Gasteiger charge is 2.24. The predicted molar refractivity (Wildman–Crippen MR) is 260 cm³/mol. The molecule has 9 aromatic rings. The average Bonchev–Trinajstić information content (AvgIpc) is 3.33. The highest BCUT2D eigenvalue weighted by atomic mass is 15.2. The summed E-state index contributed by atoms with van der Waals surface area (Å²) in [6.45, 7) is 2.36. The van der Waals surface area contributed by atoms with Crippen LogP contribution in [0.25, 0.3) is 49.7 Å². The van der Waals surface area contributed by atoms with Gasteiger partial charge in [0.1, 0.15) is 0 Å². The van der Waals surface area contributed by atoms with Gasteiger partial charge in [0.2, 0.25) is 0 Å². The minimum absolute atomic E-state index is 0.328. The second-order valence-electron chi connectivity index (χ2n) is 15.8. The highest BCUT2D eigenvalue weighted by molar-refractivity contribution is 5.97. The quantitative estimate of drug-likeness (QED) is 0.136. The number of anilines is 5. The largest absolute Gasteiger partial charge is 0.314 e. The third-order valence-electron chi connectivity index (χ3n) is 11.9. The number of fused-ring (bicyclic) bond motifs is 1. The second kappa shape index (κ2) is 16.9. The standard InChI is InChI=1S/C59H46N2/c1-43-41-56(61(52-23-9-4-10-24-52)59-26-14-20-49-19-11-12-25-58(49)59)39-40-57(43)51-22-13-21-50(42-51)48-31-37-55(38-32-48)60(53-33-27-46(28-34-53)44-15-5-2-6-16-44)54-35-29-47(30-36-54)45-17-7-3-8-18-45/h2-40,42-43H,41H2,1H3. The van der Waals surface area contributed by atoms with Crippen molar-refractivity contribution in [3.8, 4) is 33.4 Å². The molecule has 0 saturated carbocycles. The van der Waals surface area contributed by atoms with Gasteiger partial charge in [0, 0.05) is 33.8 Å². The second-order valence-corrected chi connectivity index (χ2v) is 15.8. The van der Waals surface area contributed by atoms with Crippen molar-refractivity contribution in [1.29, 1.82) is 0 Å². The molecule has 61 heavy (non-hydrogen) atoms. The molecule has 0 spiro atoms. The fourth-order valence-electron chi connectivity index (χ4n) is 8.82. The smallest absolute Gasteiger partial charge is 0.0536 e. The molecule has 2 heteroatoms. The van der Waals surface area contributed by atoms with Gasteiger partial charge in [-0.2, -0.15) is 0 Å². The molecule has 0 N–H and O–H groups in total. The first-order chi connectivity index (χ1) is 30.2. The van der Waals surface area contributed by atoms with Crippen LogP contribution in [0.1, 0.15) is 18.9 Å². The summed E-state index contributed by atoms with van der Waals surface area (Å²) in [5.41, 5.74) is 16.8. The van der Waals surface area contributed by atoms with Crippen LogP contribution in [-0.4, -0.2) is 0 Å². The van der Waals surface area contributed by atoms with Gasteiger partial charge < -0.3 is 9.80 Å². The molecule has 0 fully saturated rings. The van der Waals surface area contributed by atoms with E-state index in [4.69, 9.17) is 0 Å². The van der Waals surface area contributed by atoms with E-state index < -0.39 is 0 Å². The van der Waals surface area contributed by atoms with Crippen LogP contribution in [-0.2, 0) is 0 Å². The van der Waals surface area contributed by atoms with Gasteiger partial charge in [-0.3, -0.25) is 0 Å². The van der Waals surface area contributed by atoms with Crippen LogP contribution < -0.4 is 9.80 Å². The number of rotatable bonds is 10. The zero-order chi connectivity index (χ0) is 41.0. The summed E-state index contributed by atoms with van der Waals surface area (Å²) < 4.78 is 0. The van der Waals surface area contributed by atoms with Crippen molar-refractivity contribution in [2.24, 2.45) is 5.92 Å². The predicted octanol–water partition coefficient (Wildman–Crippen LogP) is 16.5. The van der Waals surface area contributed by atoms with Crippen LogP contribution in [0, 0.1) is 5.92 Å². The van der Waals surface area contributed by atoms with E-state index in [0.29, 0.717) is 5.92 Å². The van der Waals surface area contributed by atoms with E-state index in [0.717, 1.165) is 23.5 Å². The average molecular weight is 783 g/mol. The molecule has 1 aliphatic carbocycles. The van der Waals surface area contributed by atoms with Crippen LogP contribution in [0.15, 0.2) is 248 Å². The molecule has 1 aliphatic rings. The number of para-hydroxylation sites is 1. The lowest BCUT2D eigenvalue weighted by atomic mass is 9.85. The summed E-state index contributed by atoms with van der Waals surface area (Å²) in [6, 6.07) is 83.1. The zero-order valence-corrected chi connectivity index (χ0v) is 34.3. The summed E-state index contributed by atoms with van der Waals surface area (Å²) in [5.74, 6) is 0.328. The molecule has 1 unspecified atom stereocenters. The summed E-state index contributed by atoms with van der Waals surface area (Å²) in [5, 5.41) is 2.50. The fourth-order valence-corrected chi connectivity index (χ4v) is 8.82. The summed E-state index contributed by atoms with van der Waals surface area (Å²) in [7, 11) is 0. The minimum Gasteiger partial charge on any atom is -0.314 e. The van der Waals surface area contributed by atoms with Gasteiger partial charge in [-0.15, -0.1) is 0 Å². The van der Waals surface area contributed by atoms with Gasteiger partial charge in [0.25, 0.3) is 0 Å². The van der Waals surface area contributed by atoms with E-state index >= 15 is 0 Å². The molecule has 0 amide bonds. The summed E-state index contributed by atoms with van der Waals surface area (Å²) in [4.78, 5) is 4.79. The Morgan fingerprint density at radius 2 is 0.770 bits per heavy atom. The van der Waals surface area contributed by atoms with Crippen molar-refractivity contribution in [1.82, 2.24) is 0 Å². The Labute approximate surface area is 359 Å². The minimum atomic E-state index is 0.328. The molecule has 0 aliphatic heterocycles.